The molecule has 0 unspecified atom stereocenters. The number of aryl methyl sites for hydroxylation is 1. The van der Waals surface area contributed by atoms with Gasteiger partial charge in [0.15, 0.2) is 5.76 Å². The fourth-order valence-corrected chi connectivity index (χ4v) is 4.18. The number of hydrogen-bond donors (Lipinski definition) is 0. The summed E-state index contributed by atoms with van der Waals surface area (Å²) >= 11 is 1.26. The van der Waals surface area contributed by atoms with Crippen molar-refractivity contribution in [2.24, 2.45) is 0 Å². The molecule has 0 spiro atoms. The van der Waals surface area contributed by atoms with Crippen LogP contribution in [0.1, 0.15) is 30.1 Å². The van der Waals surface area contributed by atoms with Crippen LogP contribution in [-0.2, 0) is 10.0 Å². The minimum atomic E-state index is -3.17. The Morgan fingerprint density at radius 1 is 1.48 bits per heavy atom. The molecule has 0 amide bonds. The number of hydrogen-bond acceptors (Lipinski definition) is 7. The number of nitrogens with zero attached hydrogens (tertiary/aromatic N) is 4. The van der Waals surface area contributed by atoms with Crippen LogP contribution in [0.3, 0.4) is 0 Å². The Morgan fingerprint density at radius 2 is 2.29 bits per heavy atom. The van der Waals surface area contributed by atoms with Gasteiger partial charge in [-0.15, -0.1) is 5.10 Å². The lowest BCUT2D eigenvalue weighted by molar-refractivity contribution is 0.314. The highest BCUT2D eigenvalue weighted by molar-refractivity contribution is 7.88. The Morgan fingerprint density at radius 3 is 2.95 bits per heavy atom. The van der Waals surface area contributed by atoms with E-state index < -0.39 is 10.0 Å². The molecule has 7 nitrogen and oxygen atoms in total. The number of rotatable bonds is 3. The van der Waals surface area contributed by atoms with E-state index in [1.54, 1.807) is 0 Å². The average Bonchev–Trinajstić information content (AvgIpc) is 3.06. The molecule has 2 aromatic heterocycles. The highest BCUT2D eigenvalue weighted by atomic mass is 32.2. The first kappa shape index (κ1) is 14.6. The van der Waals surface area contributed by atoms with E-state index in [-0.39, 0.29) is 5.92 Å². The molecular formula is C12H16N4O3S2. The van der Waals surface area contributed by atoms with Crippen LogP contribution in [0.4, 0.5) is 0 Å². The molecule has 0 saturated carbocycles. The van der Waals surface area contributed by atoms with Gasteiger partial charge >= 0.3 is 0 Å². The standard InChI is InChI=1S/C12H16N4O3S2/c1-8-6-10(19-14-8)12-11(13-15-20-12)9-4-3-5-16(7-9)21(2,17)18/h6,9H,3-5,7H2,1-2H3/t9-/m1/s1. The Bertz CT molecular complexity index is 737. The summed E-state index contributed by atoms with van der Waals surface area (Å²) in [5.74, 6) is 0.696. The molecule has 0 aliphatic carbocycles. The molecule has 1 saturated heterocycles. The zero-order valence-corrected chi connectivity index (χ0v) is 13.4. The van der Waals surface area contributed by atoms with Crippen molar-refractivity contribution in [3.63, 3.8) is 0 Å². The van der Waals surface area contributed by atoms with Crippen LogP contribution in [-0.4, -0.2) is 46.8 Å². The summed E-state index contributed by atoms with van der Waals surface area (Å²) in [4.78, 5) is 0.843. The normalized spacial score (nSPS) is 20.8. The van der Waals surface area contributed by atoms with Crippen molar-refractivity contribution >= 4 is 21.6 Å². The van der Waals surface area contributed by atoms with Gasteiger partial charge in [-0.05, 0) is 31.3 Å². The first-order chi connectivity index (χ1) is 9.95. The Labute approximate surface area is 127 Å². The molecule has 3 heterocycles. The van der Waals surface area contributed by atoms with Crippen LogP contribution >= 0.6 is 11.5 Å². The molecule has 1 aliphatic heterocycles. The van der Waals surface area contributed by atoms with E-state index in [9.17, 15) is 8.42 Å². The maximum Gasteiger partial charge on any atom is 0.211 e. The van der Waals surface area contributed by atoms with Gasteiger partial charge in [-0.25, -0.2) is 12.7 Å². The highest BCUT2D eigenvalue weighted by Gasteiger charge is 2.31. The van der Waals surface area contributed by atoms with E-state index >= 15 is 0 Å². The van der Waals surface area contributed by atoms with Crippen molar-refractivity contribution in [2.75, 3.05) is 19.3 Å². The maximum absolute atomic E-state index is 11.7. The van der Waals surface area contributed by atoms with E-state index in [0.29, 0.717) is 18.8 Å². The Hall–Kier alpha value is -1.32. The van der Waals surface area contributed by atoms with E-state index in [1.165, 1.54) is 22.1 Å². The van der Waals surface area contributed by atoms with Crippen molar-refractivity contribution in [2.45, 2.75) is 25.7 Å². The smallest absolute Gasteiger partial charge is 0.211 e. The first-order valence-electron chi connectivity index (χ1n) is 6.66. The van der Waals surface area contributed by atoms with Gasteiger partial charge in [-0.2, -0.15) is 0 Å². The van der Waals surface area contributed by atoms with Gasteiger partial charge in [-0.3, -0.25) is 0 Å². The molecule has 0 N–H and O–H groups in total. The van der Waals surface area contributed by atoms with Crippen molar-refractivity contribution in [3.8, 4) is 10.6 Å². The molecule has 1 fully saturated rings. The van der Waals surface area contributed by atoms with Crippen LogP contribution in [0.15, 0.2) is 10.6 Å². The van der Waals surface area contributed by atoms with E-state index in [0.717, 1.165) is 29.1 Å². The third kappa shape index (κ3) is 2.99. The van der Waals surface area contributed by atoms with Gasteiger partial charge in [-0.1, -0.05) is 9.64 Å². The maximum atomic E-state index is 11.7. The lowest BCUT2D eigenvalue weighted by Gasteiger charge is -2.30. The second kappa shape index (κ2) is 5.47. The summed E-state index contributed by atoms with van der Waals surface area (Å²) in [6, 6.07) is 1.84. The summed E-state index contributed by atoms with van der Waals surface area (Å²) in [5, 5.41) is 8.08. The van der Waals surface area contributed by atoms with Gasteiger partial charge in [0.25, 0.3) is 0 Å². The van der Waals surface area contributed by atoms with Crippen LogP contribution < -0.4 is 0 Å². The van der Waals surface area contributed by atoms with Gasteiger partial charge in [0.1, 0.15) is 4.88 Å². The molecule has 0 aromatic carbocycles. The fraction of sp³-hybridized carbons (Fsp3) is 0.583. The molecular weight excluding hydrogens is 312 g/mol. The van der Waals surface area contributed by atoms with Gasteiger partial charge < -0.3 is 4.52 Å². The first-order valence-corrected chi connectivity index (χ1v) is 9.28. The predicted molar refractivity (Wildman–Crippen MR) is 78.5 cm³/mol. The van der Waals surface area contributed by atoms with Crippen LogP contribution in [0, 0.1) is 6.92 Å². The minimum Gasteiger partial charge on any atom is -0.355 e. The largest absolute Gasteiger partial charge is 0.355 e. The third-order valence-electron chi connectivity index (χ3n) is 3.60. The molecule has 2 aromatic rings. The predicted octanol–water partition coefficient (Wildman–Crippen LogP) is 1.64. The molecule has 0 radical (unpaired) electrons. The Kier molecular flexibility index (Phi) is 3.80. The third-order valence-corrected chi connectivity index (χ3v) is 5.63. The number of piperidine rings is 1. The SMILES string of the molecule is Cc1cc(-c2snnc2[C@@H]2CCCN(S(C)(=O)=O)C2)on1. The summed E-state index contributed by atoms with van der Waals surface area (Å²) in [6.07, 6.45) is 2.97. The zero-order chi connectivity index (χ0) is 15.0. The van der Waals surface area contributed by atoms with Crippen molar-refractivity contribution in [3.05, 3.63) is 17.5 Å². The van der Waals surface area contributed by atoms with Gasteiger partial charge in [0, 0.05) is 25.1 Å². The molecule has 1 aliphatic rings. The minimum absolute atomic E-state index is 0.0487. The van der Waals surface area contributed by atoms with Gasteiger partial charge in [0.05, 0.1) is 17.6 Å². The summed E-state index contributed by atoms with van der Waals surface area (Å²) < 4.78 is 34.2. The molecule has 9 heteroatoms. The fourth-order valence-electron chi connectivity index (χ4n) is 2.57. The van der Waals surface area contributed by atoms with Crippen molar-refractivity contribution in [1.29, 1.82) is 0 Å². The topological polar surface area (TPSA) is 89.2 Å². The van der Waals surface area contributed by atoms with E-state index in [1.807, 2.05) is 13.0 Å². The summed E-state index contributed by atoms with van der Waals surface area (Å²) in [7, 11) is -3.17. The number of aromatic nitrogens is 3. The van der Waals surface area contributed by atoms with E-state index in [4.69, 9.17) is 4.52 Å². The van der Waals surface area contributed by atoms with E-state index in [2.05, 4.69) is 14.7 Å². The summed E-state index contributed by atoms with van der Waals surface area (Å²) in [5.41, 5.74) is 1.61. The second-order valence-corrected chi connectivity index (χ2v) is 8.02. The second-order valence-electron chi connectivity index (χ2n) is 5.28. The van der Waals surface area contributed by atoms with Crippen LogP contribution in [0.2, 0.25) is 0 Å². The zero-order valence-electron chi connectivity index (χ0n) is 11.8. The average molecular weight is 328 g/mol. The molecule has 3 rings (SSSR count). The molecule has 21 heavy (non-hydrogen) atoms. The van der Waals surface area contributed by atoms with Crippen molar-refractivity contribution < 1.29 is 12.9 Å². The molecule has 0 bridgehead atoms. The van der Waals surface area contributed by atoms with Crippen LogP contribution in [0.5, 0.6) is 0 Å². The lowest BCUT2D eigenvalue weighted by Crippen LogP contribution is -2.38. The van der Waals surface area contributed by atoms with Gasteiger partial charge in [0.2, 0.25) is 10.0 Å². The monoisotopic (exact) mass is 328 g/mol. The lowest BCUT2D eigenvalue weighted by atomic mass is 9.95. The Balaban J connectivity index is 1.89. The van der Waals surface area contributed by atoms with Crippen LogP contribution in [0.25, 0.3) is 10.6 Å². The molecule has 114 valence electrons. The highest BCUT2D eigenvalue weighted by Crippen LogP contribution is 2.35. The summed E-state index contributed by atoms with van der Waals surface area (Å²) in [6.45, 7) is 2.88. The number of sulfonamides is 1. The molecule has 1 atom stereocenters. The van der Waals surface area contributed by atoms with Crippen molar-refractivity contribution in [1.82, 2.24) is 19.0 Å². The quantitative estimate of drug-likeness (QED) is 0.851.